The molecule has 1 amide bonds. The number of benzene rings is 3. The molecule has 1 aromatic heterocycles. The quantitative estimate of drug-likeness (QED) is 0.358. The largest absolute Gasteiger partial charge is 0.489 e. The highest BCUT2D eigenvalue weighted by atomic mass is 16.5. The van der Waals surface area contributed by atoms with Gasteiger partial charge in [-0.25, -0.2) is 5.43 Å². The van der Waals surface area contributed by atoms with E-state index in [0.717, 1.165) is 22.4 Å². The Morgan fingerprint density at radius 2 is 1.67 bits per heavy atom. The number of hydrazone groups is 1. The molecule has 3 aromatic carbocycles. The molecule has 4 rings (SSSR count). The van der Waals surface area contributed by atoms with Gasteiger partial charge in [-0.15, -0.1) is 0 Å². The molecule has 0 atom stereocenters. The molecule has 1 heterocycles. The zero-order valence-corrected chi connectivity index (χ0v) is 16.2. The number of hydrogen-bond donors (Lipinski definition) is 2. The maximum atomic E-state index is 12.2. The molecule has 0 aliphatic carbocycles. The molecule has 4 aromatic rings. The summed E-state index contributed by atoms with van der Waals surface area (Å²) in [5.41, 5.74) is 6.44. The number of carbonyl (C=O) groups excluding carboxylic acids is 1. The van der Waals surface area contributed by atoms with Gasteiger partial charge < -0.3 is 4.74 Å². The van der Waals surface area contributed by atoms with Gasteiger partial charge in [0.05, 0.1) is 11.9 Å². The van der Waals surface area contributed by atoms with Crippen molar-refractivity contribution in [1.82, 2.24) is 15.6 Å². The van der Waals surface area contributed by atoms with Crippen LogP contribution in [0.4, 0.5) is 0 Å². The minimum atomic E-state index is -0.358. The molecule has 0 bridgehead atoms. The summed E-state index contributed by atoms with van der Waals surface area (Å²) in [7, 11) is 0. The van der Waals surface area contributed by atoms with Gasteiger partial charge in [-0.1, -0.05) is 60.7 Å². The number of hydrogen-bond acceptors (Lipinski definition) is 4. The van der Waals surface area contributed by atoms with E-state index in [2.05, 4.69) is 20.7 Å². The Balaban J connectivity index is 1.30. The maximum absolute atomic E-state index is 12.2. The Labute approximate surface area is 174 Å². The van der Waals surface area contributed by atoms with E-state index in [9.17, 15) is 4.79 Å². The second-order valence-electron chi connectivity index (χ2n) is 6.58. The molecule has 30 heavy (non-hydrogen) atoms. The van der Waals surface area contributed by atoms with Gasteiger partial charge >= 0.3 is 0 Å². The molecular formula is C24H20N4O2. The smallest absolute Gasteiger partial charge is 0.289 e. The van der Waals surface area contributed by atoms with Gasteiger partial charge in [-0.2, -0.15) is 10.2 Å². The molecular weight excluding hydrogens is 376 g/mol. The molecule has 0 saturated carbocycles. The fourth-order valence-corrected chi connectivity index (χ4v) is 2.81. The van der Waals surface area contributed by atoms with Crippen LogP contribution in [-0.4, -0.2) is 22.3 Å². The normalized spacial score (nSPS) is 10.8. The first kappa shape index (κ1) is 19.1. The number of aromatic amines is 1. The Morgan fingerprint density at radius 1 is 0.967 bits per heavy atom. The zero-order chi connectivity index (χ0) is 20.6. The second kappa shape index (κ2) is 9.34. The molecule has 6 nitrogen and oxygen atoms in total. The SMILES string of the molecule is O=C(N/N=C\c1ccc(OCc2ccccc2)cc1)c1cc(-c2ccccc2)n[nH]1. The van der Waals surface area contributed by atoms with Crippen LogP contribution >= 0.6 is 0 Å². The van der Waals surface area contributed by atoms with E-state index in [1.54, 1.807) is 12.3 Å². The summed E-state index contributed by atoms with van der Waals surface area (Å²) in [4.78, 5) is 12.2. The predicted molar refractivity (Wildman–Crippen MR) is 116 cm³/mol. The molecule has 2 N–H and O–H groups in total. The number of aromatic nitrogens is 2. The van der Waals surface area contributed by atoms with Crippen molar-refractivity contribution in [3.8, 4) is 17.0 Å². The second-order valence-corrected chi connectivity index (χ2v) is 6.58. The van der Waals surface area contributed by atoms with Crippen LogP contribution in [0.3, 0.4) is 0 Å². The van der Waals surface area contributed by atoms with Crippen molar-refractivity contribution in [1.29, 1.82) is 0 Å². The molecule has 0 saturated heterocycles. The molecule has 148 valence electrons. The van der Waals surface area contributed by atoms with Crippen LogP contribution in [0, 0.1) is 0 Å². The summed E-state index contributed by atoms with van der Waals surface area (Å²) in [5.74, 6) is 0.412. The first-order chi connectivity index (χ1) is 14.8. The van der Waals surface area contributed by atoms with Crippen LogP contribution in [0.2, 0.25) is 0 Å². The lowest BCUT2D eigenvalue weighted by Crippen LogP contribution is -2.17. The third-order valence-electron chi connectivity index (χ3n) is 4.40. The summed E-state index contributed by atoms with van der Waals surface area (Å²) in [6, 6.07) is 28.8. The van der Waals surface area contributed by atoms with Gasteiger partial charge in [0.2, 0.25) is 0 Å². The number of amides is 1. The Hall–Kier alpha value is -4.19. The lowest BCUT2D eigenvalue weighted by atomic mass is 10.1. The zero-order valence-electron chi connectivity index (χ0n) is 16.2. The minimum Gasteiger partial charge on any atom is -0.489 e. The van der Waals surface area contributed by atoms with E-state index in [1.165, 1.54) is 0 Å². The van der Waals surface area contributed by atoms with Crippen molar-refractivity contribution in [2.75, 3.05) is 0 Å². The fourth-order valence-electron chi connectivity index (χ4n) is 2.81. The van der Waals surface area contributed by atoms with Crippen molar-refractivity contribution in [3.05, 3.63) is 108 Å². The standard InChI is InChI=1S/C24H20N4O2/c29-24(23-15-22(26-27-23)20-9-5-2-6-10-20)28-25-16-18-11-13-21(14-12-18)30-17-19-7-3-1-4-8-19/h1-16H,17H2,(H,26,27)(H,28,29)/b25-16-. The van der Waals surface area contributed by atoms with E-state index in [4.69, 9.17) is 4.74 Å². The predicted octanol–water partition coefficient (Wildman–Crippen LogP) is 4.42. The van der Waals surface area contributed by atoms with Crippen LogP contribution in [0.1, 0.15) is 21.6 Å². The first-order valence-electron chi connectivity index (χ1n) is 9.49. The van der Waals surface area contributed by atoms with Gasteiger partial charge in [0.1, 0.15) is 18.1 Å². The van der Waals surface area contributed by atoms with Crippen molar-refractivity contribution >= 4 is 12.1 Å². The van der Waals surface area contributed by atoms with Crippen LogP contribution < -0.4 is 10.2 Å². The molecule has 0 radical (unpaired) electrons. The molecule has 0 aliphatic rings. The van der Waals surface area contributed by atoms with E-state index in [0.29, 0.717) is 18.0 Å². The first-order valence-corrected chi connectivity index (χ1v) is 9.49. The summed E-state index contributed by atoms with van der Waals surface area (Å²) in [5, 5.41) is 10.9. The number of H-pyrrole nitrogens is 1. The van der Waals surface area contributed by atoms with Crippen LogP contribution in [-0.2, 0) is 6.61 Å². The number of nitrogens with zero attached hydrogens (tertiary/aromatic N) is 2. The Bertz CT molecular complexity index is 1120. The van der Waals surface area contributed by atoms with Gasteiger partial charge in [0.25, 0.3) is 5.91 Å². The van der Waals surface area contributed by atoms with E-state index in [-0.39, 0.29) is 5.91 Å². The van der Waals surface area contributed by atoms with E-state index >= 15 is 0 Å². The van der Waals surface area contributed by atoms with Gasteiger partial charge in [-0.05, 0) is 41.5 Å². The van der Waals surface area contributed by atoms with Crippen molar-refractivity contribution in [2.45, 2.75) is 6.61 Å². The van der Waals surface area contributed by atoms with Crippen LogP contribution in [0.5, 0.6) is 5.75 Å². The van der Waals surface area contributed by atoms with Crippen molar-refractivity contribution < 1.29 is 9.53 Å². The highest BCUT2D eigenvalue weighted by Gasteiger charge is 2.10. The maximum Gasteiger partial charge on any atom is 0.289 e. The van der Waals surface area contributed by atoms with E-state index < -0.39 is 0 Å². The highest BCUT2D eigenvalue weighted by molar-refractivity contribution is 5.94. The monoisotopic (exact) mass is 396 g/mol. The number of carbonyl (C=O) groups is 1. The number of ether oxygens (including phenoxy) is 1. The molecule has 0 fully saturated rings. The molecule has 6 heteroatoms. The van der Waals surface area contributed by atoms with Crippen molar-refractivity contribution in [2.24, 2.45) is 5.10 Å². The van der Waals surface area contributed by atoms with Gasteiger partial charge in [0, 0.05) is 5.56 Å². The minimum absolute atomic E-state index is 0.343. The third kappa shape index (κ3) is 4.99. The lowest BCUT2D eigenvalue weighted by molar-refractivity contribution is 0.0950. The summed E-state index contributed by atoms with van der Waals surface area (Å²) >= 11 is 0. The fraction of sp³-hybridized carbons (Fsp3) is 0.0417. The average molecular weight is 396 g/mol. The average Bonchev–Trinajstić information content (AvgIpc) is 3.30. The highest BCUT2D eigenvalue weighted by Crippen LogP contribution is 2.17. The number of nitrogens with one attached hydrogen (secondary N) is 2. The summed E-state index contributed by atoms with van der Waals surface area (Å²) in [6.45, 7) is 0.513. The van der Waals surface area contributed by atoms with Gasteiger partial charge in [0.15, 0.2) is 0 Å². The van der Waals surface area contributed by atoms with Crippen molar-refractivity contribution in [3.63, 3.8) is 0 Å². The van der Waals surface area contributed by atoms with Crippen LogP contribution in [0.15, 0.2) is 96.1 Å². The topological polar surface area (TPSA) is 79.4 Å². The Morgan fingerprint density at radius 3 is 2.40 bits per heavy atom. The van der Waals surface area contributed by atoms with E-state index in [1.807, 2.05) is 84.9 Å². The Kier molecular flexibility index (Phi) is 5.96. The molecule has 0 aliphatic heterocycles. The van der Waals surface area contributed by atoms with Gasteiger partial charge in [-0.3, -0.25) is 9.89 Å². The summed E-state index contributed by atoms with van der Waals surface area (Å²) in [6.07, 6.45) is 1.58. The van der Waals surface area contributed by atoms with Crippen LogP contribution in [0.25, 0.3) is 11.3 Å². The number of rotatable bonds is 7. The third-order valence-corrected chi connectivity index (χ3v) is 4.40. The molecule has 0 unspecified atom stereocenters. The molecule has 0 spiro atoms. The summed E-state index contributed by atoms with van der Waals surface area (Å²) < 4.78 is 5.76. The lowest BCUT2D eigenvalue weighted by Gasteiger charge is -2.06.